The average Bonchev–Trinajstić information content (AvgIpc) is 3.14. The van der Waals surface area contributed by atoms with Crippen LogP contribution in [0.4, 0.5) is 0 Å². The third kappa shape index (κ3) is 9.30. The first-order valence-electron chi connectivity index (χ1n) is 18.5. The van der Waals surface area contributed by atoms with Crippen molar-refractivity contribution in [2.45, 2.75) is 113 Å². The third-order valence-electron chi connectivity index (χ3n) is 11.0. The van der Waals surface area contributed by atoms with Gasteiger partial charge in [0.25, 0.3) is 0 Å². The van der Waals surface area contributed by atoms with Gasteiger partial charge >= 0.3 is 0 Å². The fraction of sp³-hybridized carbons (Fsp3) is 0.442. The first-order chi connectivity index (χ1) is 24.3. The summed E-state index contributed by atoms with van der Waals surface area (Å²) in [5.41, 5.74) is 4.54. The molecule has 3 fully saturated rings. The van der Waals surface area contributed by atoms with Crippen molar-refractivity contribution >= 4 is 6.71 Å². The van der Waals surface area contributed by atoms with E-state index in [1.165, 1.54) is 38.5 Å². The Morgan fingerprint density at radius 3 is 1.31 bits per heavy atom. The summed E-state index contributed by atoms with van der Waals surface area (Å²) < 4.78 is 34.5. The van der Waals surface area contributed by atoms with Gasteiger partial charge in [-0.2, -0.15) is 0 Å². The fourth-order valence-corrected chi connectivity index (χ4v) is 8.54. The highest BCUT2D eigenvalue weighted by atomic mass is 16.6. The number of hydrogen-bond donors (Lipinski definition) is 0. The number of hydrogen-bond acceptors (Lipinski definition) is 5. The lowest BCUT2D eigenvalue weighted by Gasteiger charge is -2.49. The number of benzene rings is 4. The van der Waals surface area contributed by atoms with Gasteiger partial charge in [-0.25, -0.2) is 0 Å². The Hall–Kier alpha value is -3.26. The molecule has 0 amide bonds. The third-order valence-corrected chi connectivity index (χ3v) is 11.0. The van der Waals surface area contributed by atoms with Crippen molar-refractivity contribution in [1.82, 2.24) is 0 Å². The van der Waals surface area contributed by atoms with Crippen molar-refractivity contribution < 1.29 is 23.7 Å². The summed E-state index contributed by atoms with van der Waals surface area (Å²) in [7, 11) is 0. The van der Waals surface area contributed by atoms with Crippen molar-refractivity contribution in [1.29, 1.82) is 0 Å². The summed E-state index contributed by atoms with van der Waals surface area (Å²) in [5.74, 6) is 1.55. The molecule has 0 aliphatic carbocycles. The molecule has 0 aromatic heterocycles. The minimum Gasteiger partial charge on any atom is -0.374 e. The zero-order valence-electron chi connectivity index (χ0n) is 28.7. The van der Waals surface area contributed by atoms with E-state index in [0.717, 1.165) is 40.2 Å². The molecule has 0 N–H and O–H groups in total. The first kappa shape index (κ1) is 34.2. The lowest BCUT2D eigenvalue weighted by atomic mass is 9.25. The maximum absolute atomic E-state index is 7.22. The Morgan fingerprint density at radius 1 is 0.469 bits per heavy atom. The monoisotopic (exact) mass is 658 g/mol. The molecule has 4 aromatic carbocycles. The quantitative estimate of drug-likeness (QED) is 0.119. The van der Waals surface area contributed by atoms with Crippen LogP contribution in [0.2, 0.25) is 18.0 Å². The van der Waals surface area contributed by atoms with Gasteiger partial charge in [-0.05, 0) is 28.6 Å². The molecular weight excluding hydrogens is 607 g/mol. The summed E-state index contributed by atoms with van der Waals surface area (Å²) in [5, 5.41) is 0. The first-order valence-corrected chi connectivity index (χ1v) is 18.5. The van der Waals surface area contributed by atoms with Crippen LogP contribution in [0.15, 0.2) is 121 Å². The van der Waals surface area contributed by atoms with E-state index >= 15 is 0 Å². The van der Waals surface area contributed by atoms with Gasteiger partial charge in [0.2, 0.25) is 0 Å². The van der Waals surface area contributed by atoms with E-state index in [2.05, 4.69) is 103 Å². The van der Waals surface area contributed by atoms with Gasteiger partial charge in [-0.3, -0.25) is 0 Å². The normalized spacial score (nSPS) is 26.8. The van der Waals surface area contributed by atoms with Crippen molar-refractivity contribution in [2.75, 3.05) is 6.61 Å². The van der Waals surface area contributed by atoms with Crippen molar-refractivity contribution in [3.63, 3.8) is 0 Å². The minimum atomic E-state index is -0.387. The van der Waals surface area contributed by atoms with Gasteiger partial charge in [0, 0.05) is 0 Å². The van der Waals surface area contributed by atoms with E-state index in [1.54, 1.807) is 0 Å². The molecule has 3 saturated heterocycles. The molecule has 4 aromatic rings. The molecule has 3 aliphatic rings. The van der Waals surface area contributed by atoms with Crippen LogP contribution in [0, 0.1) is 0 Å². The van der Waals surface area contributed by atoms with Crippen LogP contribution < -0.4 is 0 Å². The fourth-order valence-electron chi connectivity index (χ4n) is 8.54. The van der Waals surface area contributed by atoms with Crippen LogP contribution in [-0.2, 0) is 50.1 Å². The number of ether oxygens (including phenoxy) is 5. The lowest BCUT2D eigenvalue weighted by Crippen LogP contribution is -2.62. The van der Waals surface area contributed by atoms with Crippen LogP contribution in [0.3, 0.4) is 0 Å². The molecule has 49 heavy (non-hydrogen) atoms. The SMILES string of the molecule is c1ccc(COCC2O[C@@H](CB3C4CCCC3CCC4)C(OCc3ccccc3)[C@H](OCc3ccccc3)[C@@H]2OCc2ccccc2)cc1. The van der Waals surface area contributed by atoms with E-state index in [1.807, 2.05) is 18.2 Å². The second-order valence-electron chi connectivity index (χ2n) is 14.3. The van der Waals surface area contributed by atoms with E-state index in [4.69, 9.17) is 23.7 Å². The summed E-state index contributed by atoms with van der Waals surface area (Å²) in [6.45, 7) is 3.01. The molecule has 6 heteroatoms. The molecule has 3 aliphatic heterocycles. The standard InChI is InChI=1S/C43H51BO5/c1-5-15-33(16-6-1)28-45-32-40-42(47-30-35-19-9-3-10-20-35)43(48-31-36-21-11-4-12-22-36)41(46-29-34-17-7-2-8-18-34)39(49-40)27-44-37-23-13-24-38(44)26-14-25-37/h1-12,15-22,37-43H,13-14,23-32H2/t37?,38?,39-,40?,41?,42+,43-/m0/s1. The lowest BCUT2D eigenvalue weighted by molar-refractivity contribution is -0.269. The predicted molar refractivity (Wildman–Crippen MR) is 196 cm³/mol. The molecule has 3 heterocycles. The van der Waals surface area contributed by atoms with Crippen LogP contribution in [0.5, 0.6) is 0 Å². The van der Waals surface area contributed by atoms with Gasteiger partial charge in [-0.15, -0.1) is 0 Å². The Labute approximate surface area is 293 Å². The second kappa shape index (κ2) is 17.6. The van der Waals surface area contributed by atoms with Crippen LogP contribution >= 0.6 is 0 Å². The predicted octanol–water partition coefficient (Wildman–Crippen LogP) is 9.33. The van der Waals surface area contributed by atoms with Gasteiger partial charge in [0.15, 0.2) is 0 Å². The minimum absolute atomic E-state index is 0.127. The summed E-state index contributed by atoms with van der Waals surface area (Å²) in [4.78, 5) is 0. The van der Waals surface area contributed by atoms with Crippen molar-refractivity contribution in [3.8, 4) is 0 Å². The zero-order chi connectivity index (χ0) is 33.1. The van der Waals surface area contributed by atoms with Crippen LogP contribution in [-0.4, -0.2) is 43.8 Å². The molecule has 0 radical (unpaired) electrons. The Kier molecular flexibility index (Phi) is 12.3. The van der Waals surface area contributed by atoms with Crippen LogP contribution in [0.1, 0.15) is 60.8 Å². The molecule has 0 saturated carbocycles. The topological polar surface area (TPSA) is 46.2 Å². The van der Waals surface area contributed by atoms with E-state index in [9.17, 15) is 0 Å². The van der Waals surface area contributed by atoms with Crippen molar-refractivity contribution in [3.05, 3.63) is 144 Å². The summed E-state index contributed by atoms with van der Waals surface area (Å²) in [6.07, 6.45) is 7.59. The number of rotatable bonds is 15. The maximum atomic E-state index is 7.22. The highest BCUT2D eigenvalue weighted by Crippen LogP contribution is 2.49. The largest absolute Gasteiger partial charge is 0.374 e. The van der Waals surface area contributed by atoms with Crippen LogP contribution in [0.25, 0.3) is 0 Å². The zero-order valence-corrected chi connectivity index (χ0v) is 28.7. The molecule has 0 spiro atoms. The number of fused-ring (bicyclic) bond motifs is 2. The van der Waals surface area contributed by atoms with E-state index in [0.29, 0.717) is 39.7 Å². The van der Waals surface area contributed by atoms with Gasteiger partial charge in [0.1, 0.15) is 31.1 Å². The Morgan fingerprint density at radius 2 is 0.857 bits per heavy atom. The maximum Gasteiger partial charge on any atom is 0.149 e. The summed E-state index contributed by atoms with van der Waals surface area (Å²) in [6, 6.07) is 41.6. The van der Waals surface area contributed by atoms with E-state index in [-0.39, 0.29) is 30.5 Å². The summed E-state index contributed by atoms with van der Waals surface area (Å²) >= 11 is 0. The Bertz CT molecular complexity index is 1480. The molecule has 2 unspecified atom stereocenters. The van der Waals surface area contributed by atoms with Gasteiger partial charge in [0.05, 0.1) is 39.1 Å². The molecule has 256 valence electrons. The van der Waals surface area contributed by atoms with E-state index < -0.39 is 0 Å². The second-order valence-corrected chi connectivity index (χ2v) is 14.3. The van der Waals surface area contributed by atoms with Gasteiger partial charge < -0.3 is 23.7 Å². The average molecular weight is 659 g/mol. The molecule has 5 atom stereocenters. The van der Waals surface area contributed by atoms with Gasteiger partial charge in [-0.1, -0.05) is 171 Å². The van der Waals surface area contributed by atoms with Crippen molar-refractivity contribution in [2.24, 2.45) is 0 Å². The highest BCUT2D eigenvalue weighted by Gasteiger charge is 2.51. The molecule has 7 rings (SSSR count). The Balaban J connectivity index is 1.20. The molecular formula is C43H51BO5. The molecule has 5 nitrogen and oxygen atoms in total. The molecule has 2 bridgehead atoms. The smallest absolute Gasteiger partial charge is 0.149 e. The highest BCUT2D eigenvalue weighted by molar-refractivity contribution is 6.62.